The quantitative estimate of drug-likeness (QED) is 0.627. The lowest BCUT2D eigenvalue weighted by Gasteiger charge is -2.10. The summed E-state index contributed by atoms with van der Waals surface area (Å²) in [5, 5.41) is 9.91. The number of aromatic nitrogens is 4. The molecule has 8 nitrogen and oxygen atoms in total. The minimum absolute atomic E-state index is 0.0208. The zero-order valence-corrected chi connectivity index (χ0v) is 13.6. The molecule has 0 aliphatic carbocycles. The van der Waals surface area contributed by atoms with Crippen LogP contribution in [0.2, 0.25) is 0 Å². The fourth-order valence-electron chi connectivity index (χ4n) is 2.32. The minimum Gasteiger partial charge on any atom is -0.378 e. The fourth-order valence-corrected chi connectivity index (χ4v) is 2.32. The van der Waals surface area contributed by atoms with Gasteiger partial charge in [0.15, 0.2) is 0 Å². The number of halogens is 1. The van der Waals surface area contributed by atoms with Crippen molar-refractivity contribution >= 4 is 17.5 Å². The van der Waals surface area contributed by atoms with Gasteiger partial charge in [0.05, 0.1) is 17.9 Å². The van der Waals surface area contributed by atoms with Gasteiger partial charge in [0.2, 0.25) is 0 Å². The second kappa shape index (κ2) is 7.67. The van der Waals surface area contributed by atoms with E-state index in [1.165, 1.54) is 24.5 Å². The summed E-state index contributed by atoms with van der Waals surface area (Å²) < 4.78 is 20.2. The summed E-state index contributed by atoms with van der Waals surface area (Å²) >= 11 is 0. The van der Waals surface area contributed by atoms with Crippen molar-refractivity contribution in [3.8, 4) is 0 Å². The molecule has 0 aliphatic heterocycles. The monoisotopic (exact) mass is 344 g/mol. The van der Waals surface area contributed by atoms with E-state index >= 15 is 0 Å². The first-order chi connectivity index (χ1) is 12.2. The summed E-state index contributed by atoms with van der Waals surface area (Å²) in [5.74, 6) is 0.123. The third kappa shape index (κ3) is 3.89. The molecule has 3 aromatic rings. The highest BCUT2D eigenvalue weighted by atomic mass is 19.1. The molecule has 0 fully saturated rings. The number of ether oxygens (including phenoxy) is 1. The maximum atomic E-state index is 13.6. The van der Waals surface area contributed by atoms with Gasteiger partial charge in [-0.15, -0.1) is 0 Å². The molecule has 1 aromatic carbocycles. The molecule has 25 heavy (non-hydrogen) atoms. The lowest BCUT2D eigenvalue weighted by atomic mass is 10.2. The third-order valence-electron chi connectivity index (χ3n) is 3.43. The first-order valence-electron chi connectivity index (χ1n) is 7.64. The van der Waals surface area contributed by atoms with Crippen LogP contribution in [0.15, 0.2) is 36.7 Å². The van der Waals surface area contributed by atoms with Gasteiger partial charge in [-0.3, -0.25) is 4.79 Å². The Morgan fingerprint density at radius 3 is 2.96 bits per heavy atom. The molecule has 0 saturated heterocycles. The summed E-state index contributed by atoms with van der Waals surface area (Å²) in [5.41, 5.74) is 0.730. The summed E-state index contributed by atoms with van der Waals surface area (Å²) in [6.07, 6.45) is 1.41. The van der Waals surface area contributed by atoms with Crippen LogP contribution in [0.5, 0.6) is 0 Å². The van der Waals surface area contributed by atoms with Crippen molar-refractivity contribution in [2.24, 2.45) is 0 Å². The predicted molar refractivity (Wildman–Crippen MR) is 88.7 cm³/mol. The average molecular weight is 344 g/mol. The van der Waals surface area contributed by atoms with Crippen LogP contribution < -0.4 is 10.6 Å². The lowest BCUT2D eigenvalue weighted by Crippen LogP contribution is -2.29. The number of rotatable bonds is 7. The summed E-state index contributed by atoms with van der Waals surface area (Å²) in [6, 6.07) is 7.65. The number of nitrogens with zero attached hydrogens (tertiary/aromatic N) is 4. The van der Waals surface area contributed by atoms with Crippen molar-refractivity contribution in [3.05, 3.63) is 53.7 Å². The molecule has 1 amide bonds. The van der Waals surface area contributed by atoms with Gasteiger partial charge in [-0.25, -0.2) is 9.37 Å². The molecule has 0 unspecified atom stereocenters. The number of methoxy groups -OCH3 is 1. The molecule has 130 valence electrons. The van der Waals surface area contributed by atoms with E-state index in [1.54, 1.807) is 23.8 Å². The van der Waals surface area contributed by atoms with E-state index in [2.05, 4.69) is 25.7 Å². The molecule has 2 aromatic heterocycles. The highest BCUT2D eigenvalue weighted by molar-refractivity contribution is 5.94. The van der Waals surface area contributed by atoms with Gasteiger partial charge < -0.3 is 15.4 Å². The van der Waals surface area contributed by atoms with Gasteiger partial charge in [-0.2, -0.15) is 14.6 Å². The predicted octanol–water partition coefficient (Wildman–Crippen LogP) is 1.25. The molecule has 0 radical (unpaired) electrons. The molecule has 9 heteroatoms. The summed E-state index contributed by atoms with van der Waals surface area (Å²) in [6.45, 7) is 1.08. The maximum Gasteiger partial charge on any atom is 0.254 e. The van der Waals surface area contributed by atoms with Crippen molar-refractivity contribution in [2.45, 2.75) is 6.61 Å². The van der Waals surface area contributed by atoms with Crippen LogP contribution in [-0.2, 0) is 11.3 Å². The topological polar surface area (TPSA) is 93.4 Å². The molecule has 3 rings (SSSR count). The Hall–Kier alpha value is -3.07. The molecule has 0 saturated carbocycles. The normalized spacial score (nSPS) is 10.8. The van der Waals surface area contributed by atoms with Crippen molar-refractivity contribution in [2.75, 3.05) is 25.5 Å². The number of benzene rings is 1. The van der Waals surface area contributed by atoms with Crippen LogP contribution >= 0.6 is 0 Å². The first kappa shape index (κ1) is 16.8. The number of amides is 1. The smallest absolute Gasteiger partial charge is 0.254 e. The number of hydrogen-bond donors (Lipinski definition) is 2. The third-order valence-corrected chi connectivity index (χ3v) is 3.43. The standard InChI is InChI=1S/C16H17FN6O2/c1-25-9-11-8-14(23-16(22-11)20-10-21-23)18-6-7-19-15(24)12-4-2-3-5-13(12)17/h2-5,8,10,18H,6-7,9H2,1H3,(H,19,24). The lowest BCUT2D eigenvalue weighted by molar-refractivity contribution is 0.0951. The van der Waals surface area contributed by atoms with Crippen LogP contribution in [0.3, 0.4) is 0 Å². The summed E-state index contributed by atoms with van der Waals surface area (Å²) in [7, 11) is 1.58. The Morgan fingerprint density at radius 2 is 2.16 bits per heavy atom. The molecule has 0 aliphatic rings. The number of fused-ring (bicyclic) bond motifs is 1. The molecule has 2 N–H and O–H groups in total. The van der Waals surface area contributed by atoms with Crippen LogP contribution in [0.1, 0.15) is 16.1 Å². The number of anilines is 1. The zero-order chi connectivity index (χ0) is 17.6. The van der Waals surface area contributed by atoms with Crippen LogP contribution in [-0.4, -0.2) is 45.7 Å². The van der Waals surface area contributed by atoms with Crippen LogP contribution in [0.4, 0.5) is 10.2 Å². The van der Waals surface area contributed by atoms with Crippen molar-refractivity contribution in [3.63, 3.8) is 0 Å². The summed E-state index contributed by atoms with van der Waals surface area (Å²) in [4.78, 5) is 20.3. The van der Waals surface area contributed by atoms with Gasteiger partial charge in [-0.05, 0) is 12.1 Å². The van der Waals surface area contributed by atoms with E-state index in [0.717, 1.165) is 0 Å². The number of nitrogens with one attached hydrogen (secondary N) is 2. The van der Waals surface area contributed by atoms with Crippen molar-refractivity contribution < 1.29 is 13.9 Å². The fraction of sp³-hybridized carbons (Fsp3) is 0.250. The minimum atomic E-state index is -0.546. The SMILES string of the molecule is COCc1cc(NCCNC(=O)c2ccccc2F)n2ncnc2n1. The second-order valence-corrected chi connectivity index (χ2v) is 5.20. The van der Waals surface area contributed by atoms with Crippen LogP contribution in [0.25, 0.3) is 5.78 Å². The van der Waals surface area contributed by atoms with Gasteiger partial charge in [0.25, 0.3) is 11.7 Å². The molecule has 0 spiro atoms. The van der Waals surface area contributed by atoms with Crippen molar-refractivity contribution in [1.29, 1.82) is 0 Å². The molecule has 2 heterocycles. The first-order valence-corrected chi connectivity index (χ1v) is 7.64. The number of hydrogen-bond acceptors (Lipinski definition) is 6. The van der Waals surface area contributed by atoms with E-state index < -0.39 is 11.7 Å². The average Bonchev–Trinajstić information content (AvgIpc) is 3.08. The zero-order valence-electron chi connectivity index (χ0n) is 13.6. The number of carbonyl (C=O) groups excluding carboxylic acids is 1. The van der Waals surface area contributed by atoms with Crippen LogP contribution in [0, 0.1) is 5.82 Å². The molecule has 0 atom stereocenters. The van der Waals surface area contributed by atoms with E-state index in [4.69, 9.17) is 4.74 Å². The largest absolute Gasteiger partial charge is 0.378 e. The highest BCUT2D eigenvalue weighted by Crippen LogP contribution is 2.11. The molecule has 0 bridgehead atoms. The van der Waals surface area contributed by atoms with Crippen molar-refractivity contribution in [1.82, 2.24) is 24.9 Å². The maximum absolute atomic E-state index is 13.6. The van der Waals surface area contributed by atoms with E-state index in [1.807, 2.05) is 0 Å². The Kier molecular flexibility index (Phi) is 5.14. The van der Waals surface area contributed by atoms with Gasteiger partial charge >= 0.3 is 0 Å². The Bertz CT molecular complexity index is 882. The van der Waals surface area contributed by atoms with E-state index in [-0.39, 0.29) is 5.56 Å². The van der Waals surface area contributed by atoms with E-state index in [9.17, 15) is 9.18 Å². The van der Waals surface area contributed by atoms with Gasteiger partial charge in [0, 0.05) is 26.3 Å². The Morgan fingerprint density at radius 1 is 1.32 bits per heavy atom. The van der Waals surface area contributed by atoms with E-state index in [0.29, 0.717) is 37.0 Å². The second-order valence-electron chi connectivity index (χ2n) is 5.20. The highest BCUT2D eigenvalue weighted by Gasteiger charge is 2.10. The number of carbonyl (C=O) groups is 1. The Balaban J connectivity index is 1.60. The molecular formula is C16H17FN6O2. The molecular weight excluding hydrogens is 327 g/mol. The van der Waals surface area contributed by atoms with Gasteiger partial charge in [0.1, 0.15) is 18.0 Å². The Labute approximate surface area is 143 Å². The van der Waals surface area contributed by atoms with Gasteiger partial charge in [-0.1, -0.05) is 12.1 Å².